The Bertz CT molecular complexity index is 626. The molecule has 0 fully saturated rings. The Kier molecular flexibility index (Phi) is 3.80. The van der Waals surface area contributed by atoms with Crippen LogP contribution in [0.1, 0.15) is 10.4 Å². The number of hydrogen-bond donors (Lipinski definition) is 2. The second-order valence-corrected chi connectivity index (χ2v) is 4.76. The molecule has 0 aromatic heterocycles. The second kappa shape index (κ2) is 5.36. The fraction of sp³-hybridized carbons (Fsp3) is 0. The molecule has 0 radical (unpaired) electrons. The lowest BCUT2D eigenvalue weighted by Crippen LogP contribution is -2.13. The molecule has 0 atom stereocenters. The van der Waals surface area contributed by atoms with Gasteiger partial charge in [0.1, 0.15) is 11.6 Å². The highest BCUT2D eigenvalue weighted by Gasteiger charge is 2.11. The van der Waals surface area contributed by atoms with Crippen LogP contribution in [0.2, 0.25) is 0 Å². The van der Waals surface area contributed by atoms with E-state index in [0.29, 0.717) is 4.47 Å². The van der Waals surface area contributed by atoms with E-state index in [1.54, 1.807) is 0 Å². The zero-order valence-corrected chi connectivity index (χ0v) is 11.2. The van der Waals surface area contributed by atoms with E-state index in [4.69, 9.17) is 5.73 Å². The van der Waals surface area contributed by atoms with Gasteiger partial charge in [0.25, 0.3) is 5.91 Å². The number of carbonyl (C=O) groups is 1. The zero-order valence-electron chi connectivity index (χ0n) is 9.58. The first kappa shape index (κ1) is 13.5. The lowest BCUT2D eigenvalue weighted by Gasteiger charge is -2.08. The third-order valence-electron chi connectivity index (χ3n) is 2.39. The molecule has 6 heteroatoms. The van der Waals surface area contributed by atoms with Gasteiger partial charge in [0.15, 0.2) is 0 Å². The van der Waals surface area contributed by atoms with Crippen LogP contribution in [0.5, 0.6) is 0 Å². The van der Waals surface area contributed by atoms with Crippen LogP contribution in [0.25, 0.3) is 0 Å². The number of hydrogen-bond acceptors (Lipinski definition) is 2. The summed E-state index contributed by atoms with van der Waals surface area (Å²) >= 11 is 3.09. The van der Waals surface area contributed by atoms with Crippen molar-refractivity contribution in [2.45, 2.75) is 0 Å². The van der Waals surface area contributed by atoms with Crippen LogP contribution in [0.3, 0.4) is 0 Å². The molecule has 0 bridgehead atoms. The van der Waals surface area contributed by atoms with E-state index in [9.17, 15) is 13.6 Å². The SMILES string of the molecule is Nc1ccc(F)cc1NC(=O)c1cc(F)cc(Br)c1. The molecular formula is C13H9BrF2N2O. The molecule has 98 valence electrons. The van der Waals surface area contributed by atoms with Crippen molar-refractivity contribution in [1.82, 2.24) is 0 Å². The molecule has 2 rings (SSSR count). The molecule has 0 saturated carbocycles. The molecule has 0 aliphatic rings. The number of nitrogen functional groups attached to an aromatic ring is 1. The molecule has 0 aliphatic heterocycles. The number of carbonyl (C=O) groups excluding carboxylic acids is 1. The number of nitrogens with one attached hydrogen (secondary N) is 1. The van der Waals surface area contributed by atoms with Crippen molar-refractivity contribution in [2.24, 2.45) is 0 Å². The van der Waals surface area contributed by atoms with Crippen molar-refractivity contribution in [3.8, 4) is 0 Å². The number of nitrogens with two attached hydrogens (primary N) is 1. The van der Waals surface area contributed by atoms with Gasteiger partial charge in [-0.3, -0.25) is 4.79 Å². The van der Waals surface area contributed by atoms with Gasteiger partial charge in [0.05, 0.1) is 11.4 Å². The summed E-state index contributed by atoms with van der Waals surface area (Å²) in [6.07, 6.45) is 0. The van der Waals surface area contributed by atoms with Gasteiger partial charge < -0.3 is 11.1 Å². The predicted molar refractivity (Wildman–Crippen MR) is 72.9 cm³/mol. The highest BCUT2D eigenvalue weighted by Crippen LogP contribution is 2.21. The van der Waals surface area contributed by atoms with Crippen LogP contribution >= 0.6 is 15.9 Å². The van der Waals surface area contributed by atoms with Crippen molar-refractivity contribution in [3.63, 3.8) is 0 Å². The smallest absolute Gasteiger partial charge is 0.255 e. The fourth-order valence-electron chi connectivity index (χ4n) is 1.52. The largest absolute Gasteiger partial charge is 0.397 e. The molecule has 0 heterocycles. The van der Waals surface area contributed by atoms with Crippen LogP contribution in [0, 0.1) is 11.6 Å². The molecule has 0 aliphatic carbocycles. The van der Waals surface area contributed by atoms with Crippen LogP contribution < -0.4 is 11.1 Å². The van der Waals surface area contributed by atoms with Gasteiger partial charge in [0, 0.05) is 10.0 Å². The molecule has 0 spiro atoms. The Labute approximate surface area is 116 Å². The maximum atomic E-state index is 13.2. The maximum absolute atomic E-state index is 13.2. The fourth-order valence-corrected chi connectivity index (χ4v) is 1.98. The summed E-state index contributed by atoms with van der Waals surface area (Å²) in [6, 6.07) is 7.38. The first-order valence-corrected chi connectivity index (χ1v) is 6.07. The van der Waals surface area contributed by atoms with Crippen molar-refractivity contribution in [2.75, 3.05) is 11.1 Å². The zero-order chi connectivity index (χ0) is 14.0. The lowest BCUT2D eigenvalue weighted by atomic mass is 10.2. The summed E-state index contributed by atoms with van der Waals surface area (Å²) in [4.78, 5) is 11.9. The summed E-state index contributed by atoms with van der Waals surface area (Å²) in [5, 5.41) is 2.43. The summed E-state index contributed by atoms with van der Waals surface area (Å²) in [5.41, 5.74) is 6.09. The summed E-state index contributed by atoms with van der Waals surface area (Å²) in [6.45, 7) is 0. The standard InChI is InChI=1S/C13H9BrF2N2O/c14-8-3-7(4-10(16)5-8)13(19)18-12-6-9(15)1-2-11(12)17/h1-6H,17H2,(H,18,19). The molecular weight excluding hydrogens is 318 g/mol. The average Bonchev–Trinajstić information content (AvgIpc) is 2.32. The minimum atomic E-state index is -0.572. The Morgan fingerprint density at radius 3 is 2.53 bits per heavy atom. The number of halogens is 3. The first-order chi connectivity index (χ1) is 8.95. The Hall–Kier alpha value is -1.95. The minimum absolute atomic E-state index is 0.107. The van der Waals surface area contributed by atoms with Crippen molar-refractivity contribution < 1.29 is 13.6 Å². The van der Waals surface area contributed by atoms with Crippen LogP contribution in [-0.2, 0) is 0 Å². The van der Waals surface area contributed by atoms with Crippen molar-refractivity contribution >= 4 is 33.2 Å². The summed E-state index contributed by atoms with van der Waals surface area (Å²) < 4.78 is 26.7. The molecule has 1 amide bonds. The topological polar surface area (TPSA) is 55.1 Å². The second-order valence-electron chi connectivity index (χ2n) is 3.84. The third kappa shape index (κ3) is 3.29. The van der Waals surface area contributed by atoms with Gasteiger partial charge in [0.2, 0.25) is 0 Å². The van der Waals surface area contributed by atoms with E-state index in [1.165, 1.54) is 24.3 Å². The molecule has 2 aromatic carbocycles. The van der Waals surface area contributed by atoms with Crippen molar-refractivity contribution in [3.05, 3.63) is 58.1 Å². The summed E-state index contributed by atoms with van der Waals surface area (Å²) in [5.74, 6) is -1.64. The normalized spacial score (nSPS) is 10.3. The van der Waals surface area contributed by atoms with Gasteiger partial charge >= 0.3 is 0 Å². The van der Waals surface area contributed by atoms with E-state index < -0.39 is 17.5 Å². The lowest BCUT2D eigenvalue weighted by molar-refractivity contribution is 0.102. The summed E-state index contributed by atoms with van der Waals surface area (Å²) in [7, 11) is 0. The number of amides is 1. The molecule has 3 N–H and O–H groups in total. The Morgan fingerprint density at radius 2 is 1.84 bits per heavy atom. The Morgan fingerprint density at radius 1 is 1.11 bits per heavy atom. The predicted octanol–water partition coefficient (Wildman–Crippen LogP) is 3.56. The number of benzene rings is 2. The van der Waals surface area contributed by atoms with Crippen LogP contribution in [0.4, 0.5) is 20.2 Å². The number of anilines is 2. The monoisotopic (exact) mass is 326 g/mol. The van der Waals surface area contributed by atoms with Gasteiger partial charge in [-0.1, -0.05) is 15.9 Å². The van der Waals surface area contributed by atoms with Gasteiger partial charge in [-0.05, 0) is 36.4 Å². The average molecular weight is 327 g/mol. The van der Waals surface area contributed by atoms with Crippen LogP contribution in [-0.4, -0.2) is 5.91 Å². The van der Waals surface area contributed by atoms with Gasteiger partial charge in [-0.2, -0.15) is 0 Å². The quantitative estimate of drug-likeness (QED) is 0.829. The molecule has 19 heavy (non-hydrogen) atoms. The molecule has 3 nitrogen and oxygen atoms in total. The van der Waals surface area contributed by atoms with E-state index in [2.05, 4.69) is 21.2 Å². The Balaban J connectivity index is 2.28. The molecule has 0 unspecified atom stereocenters. The van der Waals surface area contributed by atoms with E-state index >= 15 is 0 Å². The van der Waals surface area contributed by atoms with Crippen LogP contribution in [0.15, 0.2) is 40.9 Å². The van der Waals surface area contributed by atoms with Crippen molar-refractivity contribution in [1.29, 1.82) is 0 Å². The maximum Gasteiger partial charge on any atom is 0.255 e. The molecule has 0 saturated heterocycles. The highest BCUT2D eigenvalue weighted by molar-refractivity contribution is 9.10. The molecule has 2 aromatic rings. The minimum Gasteiger partial charge on any atom is -0.397 e. The van der Waals surface area contributed by atoms with E-state index in [-0.39, 0.29) is 16.9 Å². The number of rotatable bonds is 2. The first-order valence-electron chi connectivity index (χ1n) is 5.28. The third-order valence-corrected chi connectivity index (χ3v) is 2.85. The van der Waals surface area contributed by atoms with Gasteiger partial charge in [-0.15, -0.1) is 0 Å². The van der Waals surface area contributed by atoms with Gasteiger partial charge in [-0.25, -0.2) is 8.78 Å². The highest BCUT2D eigenvalue weighted by atomic mass is 79.9. The van der Waals surface area contributed by atoms with E-state index in [0.717, 1.165) is 12.1 Å². The van der Waals surface area contributed by atoms with E-state index in [1.807, 2.05) is 0 Å².